The molecule has 0 heterocycles. The highest BCUT2D eigenvalue weighted by molar-refractivity contribution is 5.98. The maximum Gasteiger partial charge on any atom is 0.306 e. The first-order valence-electron chi connectivity index (χ1n) is 8.09. The third-order valence-corrected chi connectivity index (χ3v) is 4.29. The van der Waals surface area contributed by atoms with Crippen LogP contribution in [0.15, 0.2) is 48.5 Å². The summed E-state index contributed by atoms with van der Waals surface area (Å²) >= 11 is 0. The number of benzene rings is 2. The third-order valence-electron chi connectivity index (χ3n) is 4.29. The summed E-state index contributed by atoms with van der Waals surface area (Å²) < 4.78 is 13.4. The molecule has 0 spiro atoms. The molecule has 4 nitrogen and oxygen atoms in total. The second kappa shape index (κ2) is 7.47. The Balaban J connectivity index is 2.08. The predicted octanol–water partition coefficient (Wildman–Crippen LogP) is 4.01. The highest BCUT2D eigenvalue weighted by Gasteiger charge is 2.30. The molecule has 5 heteroatoms. The van der Waals surface area contributed by atoms with E-state index in [9.17, 15) is 14.0 Å². The Morgan fingerprint density at radius 3 is 2.36 bits per heavy atom. The first kappa shape index (κ1) is 18.6. The fourth-order valence-electron chi connectivity index (χ4n) is 2.46. The van der Waals surface area contributed by atoms with Gasteiger partial charge in [-0.2, -0.15) is 0 Å². The van der Waals surface area contributed by atoms with E-state index in [4.69, 9.17) is 5.11 Å². The summed E-state index contributed by atoms with van der Waals surface area (Å²) in [5.74, 6) is -1.93. The van der Waals surface area contributed by atoms with Crippen LogP contribution in [0, 0.1) is 11.7 Å². The molecule has 0 aliphatic heterocycles. The zero-order chi connectivity index (χ0) is 18.6. The fraction of sp³-hybridized carbons (Fsp3) is 0.300. The molecule has 2 N–H and O–H groups in total. The molecular formula is C20H22FNO3. The quantitative estimate of drug-likeness (QED) is 0.833. The Labute approximate surface area is 146 Å². The molecule has 0 radical (unpaired) electrons. The van der Waals surface area contributed by atoms with E-state index in [2.05, 4.69) is 5.32 Å². The van der Waals surface area contributed by atoms with E-state index in [1.165, 1.54) is 12.1 Å². The van der Waals surface area contributed by atoms with E-state index >= 15 is 0 Å². The van der Waals surface area contributed by atoms with Crippen LogP contribution in [0.3, 0.4) is 0 Å². The third kappa shape index (κ3) is 4.66. The molecular weight excluding hydrogens is 321 g/mol. The number of amides is 1. The summed E-state index contributed by atoms with van der Waals surface area (Å²) in [5, 5.41) is 11.8. The summed E-state index contributed by atoms with van der Waals surface area (Å²) in [6.07, 6.45) is 0.429. The van der Waals surface area contributed by atoms with Crippen molar-refractivity contribution < 1.29 is 19.1 Å². The van der Waals surface area contributed by atoms with Gasteiger partial charge in [0, 0.05) is 5.69 Å². The number of nitrogens with one attached hydrogen (secondary N) is 1. The summed E-state index contributed by atoms with van der Waals surface area (Å²) in [5.41, 5.74) is 1.20. The summed E-state index contributed by atoms with van der Waals surface area (Å²) in [6.45, 7) is 5.12. The molecule has 0 aliphatic rings. The number of carboxylic acid groups (broad SMARTS) is 1. The van der Waals surface area contributed by atoms with Gasteiger partial charge < -0.3 is 10.4 Å². The Morgan fingerprint density at radius 2 is 1.80 bits per heavy atom. The Morgan fingerprint density at radius 1 is 1.16 bits per heavy atom. The van der Waals surface area contributed by atoms with Crippen LogP contribution >= 0.6 is 0 Å². The lowest BCUT2D eigenvalue weighted by molar-refractivity contribution is -0.141. The van der Waals surface area contributed by atoms with Gasteiger partial charge in [0.15, 0.2) is 0 Å². The molecule has 0 fully saturated rings. The van der Waals surface area contributed by atoms with Crippen LogP contribution in [0.5, 0.6) is 0 Å². The predicted molar refractivity (Wildman–Crippen MR) is 95.0 cm³/mol. The fourth-order valence-corrected chi connectivity index (χ4v) is 2.46. The van der Waals surface area contributed by atoms with Crippen molar-refractivity contribution in [2.45, 2.75) is 32.6 Å². The maximum absolute atomic E-state index is 13.4. The Hall–Kier alpha value is -2.69. The van der Waals surface area contributed by atoms with Gasteiger partial charge in [0.1, 0.15) is 5.82 Å². The molecule has 2 aromatic rings. The summed E-state index contributed by atoms with van der Waals surface area (Å²) in [6, 6.07) is 13.1. The molecule has 0 bridgehead atoms. The lowest BCUT2D eigenvalue weighted by atomic mass is 9.83. The van der Waals surface area contributed by atoms with Crippen LogP contribution in [0.25, 0.3) is 0 Å². The molecule has 0 aromatic heterocycles. The van der Waals surface area contributed by atoms with Gasteiger partial charge in [0.25, 0.3) is 0 Å². The molecule has 25 heavy (non-hydrogen) atoms. The van der Waals surface area contributed by atoms with Gasteiger partial charge in [0.2, 0.25) is 5.91 Å². The van der Waals surface area contributed by atoms with Crippen LogP contribution < -0.4 is 5.32 Å². The molecule has 0 aliphatic carbocycles. The van der Waals surface area contributed by atoms with E-state index in [1.807, 2.05) is 0 Å². The lowest BCUT2D eigenvalue weighted by Crippen LogP contribution is -2.34. The molecule has 1 atom stereocenters. The topological polar surface area (TPSA) is 66.4 Å². The van der Waals surface area contributed by atoms with Crippen LogP contribution in [0.4, 0.5) is 10.1 Å². The second-order valence-electron chi connectivity index (χ2n) is 6.73. The molecule has 0 saturated carbocycles. The molecule has 0 saturated heterocycles. The molecule has 132 valence electrons. The molecule has 1 unspecified atom stereocenters. The first-order valence-corrected chi connectivity index (χ1v) is 8.09. The number of carboxylic acids is 1. The Kier molecular flexibility index (Phi) is 5.57. The van der Waals surface area contributed by atoms with Crippen LogP contribution in [0.2, 0.25) is 0 Å². The number of carbonyl (C=O) groups excluding carboxylic acids is 1. The summed E-state index contributed by atoms with van der Waals surface area (Å²) in [4.78, 5) is 23.5. The number of hydrogen-bond acceptors (Lipinski definition) is 2. The van der Waals surface area contributed by atoms with Crippen molar-refractivity contribution in [2.24, 2.45) is 5.92 Å². The van der Waals surface area contributed by atoms with Crippen molar-refractivity contribution >= 4 is 17.6 Å². The number of halogens is 1. The molecule has 2 rings (SSSR count). The Bertz CT molecular complexity index is 769. The number of rotatable bonds is 6. The van der Waals surface area contributed by atoms with Crippen molar-refractivity contribution in [3.05, 3.63) is 65.5 Å². The van der Waals surface area contributed by atoms with Gasteiger partial charge >= 0.3 is 5.97 Å². The minimum atomic E-state index is -0.890. The van der Waals surface area contributed by atoms with Crippen LogP contribution in [-0.4, -0.2) is 17.0 Å². The monoisotopic (exact) mass is 343 g/mol. The van der Waals surface area contributed by atoms with Crippen LogP contribution in [0.1, 0.15) is 31.9 Å². The lowest BCUT2D eigenvalue weighted by Gasteiger charge is -2.24. The zero-order valence-electron chi connectivity index (χ0n) is 14.5. The van der Waals surface area contributed by atoms with Crippen molar-refractivity contribution in [1.82, 2.24) is 0 Å². The number of anilines is 1. The second-order valence-corrected chi connectivity index (χ2v) is 6.73. The van der Waals surface area contributed by atoms with Crippen molar-refractivity contribution in [2.75, 3.05) is 5.32 Å². The molecule has 2 aromatic carbocycles. The van der Waals surface area contributed by atoms with E-state index in [0.29, 0.717) is 17.7 Å². The van der Waals surface area contributed by atoms with E-state index in [1.54, 1.807) is 57.2 Å². The van der Waals surface area contributed by atoms with E-state index < -0.39 is 17.3 Å². The minimum absolute atomic E-state index is 0.246. The van der Waals surface area contributed by atoms with Gasteiger partial charge in [-0.3, -0.25) is 9.59 Å². The molecule has 1 amide bonds. The van der Waals surface area contributed by atoms with Gasteiger partial charge in [-0.25, -0.2) is 4.39 Å². The van der Waals surface area contributed by atoms with Gasteiger partial charge in [-0.1, -0.05) is 31.2 Å². The highest BCUT2D eigenvalue weighted by atomic mass is 19.1. The van der Waals surface area contributed by atoms with Crippen molar-refractivity contribution in [3.8, 4) is 0 Å². The normalized spacial score (nSPS) is 12.5. The van der Waals surface area contributed by atoms with Gasteiger partial charge in [-0.15, -0.1) is 0 Å². The number of hydrogen-bond donors (Lipinski definition) is 2. The SMILES string of the molecule is CC(Cc1ccc(NC(=O)C(C)(C)c2cccc(F)c2)cc1)C(=O)O. The minimum Gasteiger partial charge on any atom is -0.481 e. The largest absolute Gasteiger partial charge is 0.481 e. The first-order chi connectivity index (χ1) is 11.7. The zero-order valence-corrected chi connectivity index (χ0v) is 14.5. The van der Waals surface area contributed by atoms with Crippen molar-refractivity contribution in [1.29, 1.82) is 0 Å². The average molecular weight is 343 g/mol. The van der Waals surface area contributed by atoms with Gasteiger partial charge in [0.05, 0.1) is 11.3 Å². The maximum atomic E-state index is 13.4. The highest BCUT2D eigenvalue weighted by Crippen LogP contribution is 2.26. The van der Waals surface area contributed by atoms with Crippen LogP contribution in [-0.2, 0) is 21.4 Å². The summed E-state index contributed by atoms with van der Waals surface area (Å²) in [7, 11) is 0. The number of aliphatic carboxylic acids is 1. The smallest absolute Gasteiger partial charge is 0.306 e. The van der Waals surface area contributed by atoms with E-state index in [-0.39, 0.29) is 11.7 Å². The van der Waals surface area contributed by atoms with Crippen molar-refractivity contribution in [3.63, 3.8) is 0 Å². The number of carbonyl (C=O) groups is 2. The van der Waals surface area contributed by atoms with Gasteiger partial charge in [-0.05, 0) is 55.7 Å². The standard InChI is InChI=1S/C20H22FNO3/c1-13(18(23)24)11-14-7-9-17(10-8-14)22-19(25)20(2,3)15-5-4-6-16(21)12-15/h4-10,12-13H,11H2,1-3H3,(H,22,25)(H,23,24). The van der Waals surface area contributed by atoms with E-state index in [0.717, 1.165) is 5.56 Å². The average Bonchev–Trinajstić information content (AvgIpc) is 2.56.